The zero-order valence-electron chi connectivity index (χ0n) is 15.0. The molecule has 0 unspecified atom stereocenters. The maximum absolute atomic E-state index is 13.5. The summed E-state index contributed by atoms with van der Waals surface area (Å²) in [6.07, 6.45) is 5.79. The van der Waals surface area contributed by atoms with Crippen molar-refractivity contribution in [1.29, 1.82) is 0 Å². The predicted molar refractivity (Wildman–Crippen MR) is 95.5 cm³/mol. The van der Waals surface area contributed by atoms with Gasteiger partial charge in [0.15, 0.2) is 11.6 Å². The molecule has 2 heterocycles. The van der Waals surface area contributed by atoms with Crippen molar-refractivity contribution in [1.82, 2.24) is 15.1 Å². The highest BCUT2D eigenvalue weighted by Gasteiger charge is 2.27. The van der Waals surface area contributed by atoms with Crippen LogP contribution < -0.4 is 10.1 Å². The molecule has 3 rings (SSSR count). The number of urea groups is 1. The van der Waals surface area contributed by atoms with E-state index in [2.05, 4.69) is 10.2 Å². The van der Waals surface area contributed by atoms with Crippen LogP contribution >= 0.6 is 0 Å². The van der Waals surface area contributed by atoms with E-state index in [1.807, 2.05) is 0 Å². The van der Waals surface area contributed by atoms with Crippen molar-refractivity contribution >= 4 is 12.0 Å². The van der Waals surface area contributed by atoms with Crippen LogP contribution in [-0.4, -0.2) is 60.6 Å². The van der Waals surface area contributed by atoms with Crippen molar-refractivity contribution in [3.63, 3.8) is 0 Å². The highest BCUT2D eigenvalue weighted by molar-refractivity contribution is 5.82. The molecule has 1 N–H and O–H groups in total. The molecule has 2 amide bonds. The van der Waals surface area contributed by atoms with E-state index >= 15 is 0 Å². The lowest BCUT2D eigenvalue weighted by Gasteiger charge is -2.40. The lowest BCUT2D eigenvalue weighted by molar-refractivity contribution is -0.133. The number of likely N-dealkylation sites (tertiary alicyclic amines) is 2. The number of esters is 1. The first kappa shape index (κ1) is 18.6. The molecule has 0 aliphatic carbocycles. The van der Waals surface area contributed by atoms with Gasteiger partial charge in [-0.3, -0.25) is 0 Å². The average Bonchev–Trinajstić information content (AvgIpc) is 2.69. The maximum atomic E-state index is 13.5. The number of nitrogens with one attached hydrogen (secondary N) is 1. The van der Waals surface area contributed by atoms with Gasteiger partial charge in [0.2, 0.25) is 0 Å². The molecule has 1 aromatic rings. The second-order valence-corrected chi connectivity index (χ2v) is 6.88. The summed E-state index contributed by atoms with van der Waals surface area (Å²) in [5, 5.41) is 2.56. The Morgan fingerprint density at radius 1 is 1.08 bits per heavy atom. The van der Waals surface area contributed by atoms with E-state index < -0.39 is 11.8 Å². The zero-order chi connectivity index (χ0) is 18.4. The molecule has 2 saturated heterocycles. The Morgan fingerprint density at radius 3 is 2.46 bits per heavy atom. The summed E-state index contributed by atoms with van der Waals surface area (Å²) >= 11 is 0. The molecule has 0 spiro atoms. The van der Waals surface area contributed by atoms with Crippen molar-refractivity contribution < 1.29 is 18.7 Å². The number of hydrogen-bond acceptors (Lipinski definition) is 4. The SMILES string of the molecule is O=C(CNC(=O)N1CCC(N2CCCCC2)CC1)Oc1ccccc1F. The van der Waals surface area contributed by atoms with Crippen molar-refractivity contribution in [2.45, 2.75) is 38.1 Å². The third kappa shape index (κ3) is 4.94. The molecule has 6 nitrogen and oxygen atoms in total. The molecule has 2 aliphatic rings. The smallest absolute Gasteiger partial charge is 0.330 e. The molecule has 0 bridgehead atoms. The van der Waals surface area contributed by atoms with Crippen LogP contribution in [0.5, 0.6) is 5.75 Å². The van der Waals surface area contributed by atoms with Crippen LogP contribution in [0.3, 0.4) is 0 Å². The number of rotatable bonds is 4. The minimum absolute atomic E-state index is 0.130. The van der Waals surface area contributed by atoms with Gasteiger partial charge in [-0.2, -0.15) is 0 Å². The van der Waals surface area contributed by atoms with Crippen LogP contribution in [0, 0.1) is 5.82 Å². The maximum Gasteiger partial charge on any atom is 0.330 e. The van der Waals surface area contributed by atoms with Gasteiger partial charge in [-0.05, 0) is 50.9 Å². The number of ether oxygens (including phenoxy) is 1. The van der Waals surface area contributed by atoms with Crippen molar-refractivity contribution in [3.8, 4) is 5.75 Å². The number of nitrogens with zero attached hydrogens (tertiary/aromatic N) is 2. The predicted octanol–water partition coefficient (Wildman–Crippen LogP) is 2.39. The third-order valence-electron chi connectivity index (χ3n) is 5.10. The van der Waals surface area contributed by atoms with Crippen molar-refractivity contribution in [3.05, 3.63) is 30.1 Å². The van der Waals surface area contributed by atoms with Crippen LogP contribution in [0.15, 0.2) is 24.3 Å². The van der Waals surface area contributed by atoms with Gasteiger partial charge in [0.1, 0.15) is 6.54 Å². The molecule has 1 aromatic carbocycles. The van der Waals surface area contributed by atoms with Gasteiger partial charge in [0, 0.05) is 19.1 Å². The van der Waals surface area contributed by atoms with E-state index in [9.17, 15) is 14.0 Å². The van der Waals surface area contributed by atoms with Crippen molar-refractivity contribution in [2.75, 3.05) is 32.7 Å². The monoisotopic (exact) mass is 363 g/mol. The summed E-state index contributed by atoms with van der Waals surface area (Å²) in [5.41, 5.74) is 0. The fourth-order valence-electron chi connectivity index (χ4n) is 3.66. The first-order chi connectivity index (χ1) is 12.6. The Balaban J connectivity index is 1.39. The van der Waals surface area contributed by atoms with E-state index in [-0.39, 0.29) is 18.3 Å². The van der Waals surface area contributed by atoms with Crippen LogP contribution in [-0.2, 0) is 4.79 Å². The Labute approximate surface area is 153 Å². The summed E-state index contributed by atoms with van der Waals surface area (Å²) in [6, 6.07) is 5.98. The van der Waals surface area contributed by atoms with E-state index in [1.54, 1.807) is 11.0 Å². The topological polar surface area (TPSA) is 61.9 Å². The molecule has 0 radical (unpaired) electrons. The quantitative estimate of drug-likeness (QED) is 0.659. The minimum atomic E-state index is -0.688. The Morgan fingerprint density at radius 2 is 1.77 bits per heavy atom. The number of piperidine rings is 2. The standard InChI is InChI=1S/C19H26FN3O3/c20-16-6-2-3-7-17(16)26-18(24)14-21-19(25)23-12-8-15(9-13-23)22-10-4-1-5-11-22/h2-3,6-7,15H,1,4-5,8-14H2,(H,21,25). The lowest BCUT2D eigenvalue weighted by Crippen LogP contribution is -2.51. The third-order valence-corrected chi connectivity index (χ3v) is 5.10. The fraction of sp³-hybridized carbons (Fsp3) is 0.579. The van der Waals surface area contributed by atoms with Crippen LogP contribution in [0.1, 0.15) is 32.1 Å². The number of amides is 2. The van der Waals surface area contributed by atoms with E-state index in [4.69, 9.17) is 4.74 Å². The van der Waals surface area contributed by atoms with Crippen molar-refractivity contribution in [2.24, 2.45) is 0 Å². The van der Waals surface area contributed by atoms with E-state index in [0.29, 0.717) is 19.1 Å². The first-order valence-electron chi connectivity index (χ1n) is 9.35. The lowest BCUT2D eigenvalue weighted by atomic mass is 10.0. The van der Waals surface area contributed by atoms with Crippen LogP contribution in [0.2, 0.25) is 0 Å². The fourth-order valence-corrected chi connectivity index (χ4v) is 3.66. The van der Waals surface area contributed by atoms with Crippen LogP contribution in [0.25, 0.3) is 0 Å². The number of carbonyl (C=O) groups is 2. The Hall–Kier alpha value is -2.15. The van der Waals surface area contributed by atoms with Gasteiger partial charge in [-0.15, -0.1) is 0 Å². The highest BCUT2D eigenvalue weighted by atomic mass is 19.1. The molecule has 0 saturated carbocycles. The number of para-hydroxylation sites is 1. The number of halogens is 1. The van der Waals surface area contributed by atoms with E-state index in [1.165, 1.54) is 50.6 Å². The van der Waals surface area contributed by atoms with Gasteiger partial charge < -0.3 is 19.9 Å². The van der Waals surface area contributed by atoms with Crippen LogP contribution in [0.4, 0.5) is 9.18 Å². The largest absolute Gasteiger partial charge is 0.422 e. The average molecular weight is 363 g/mol. The molecule has 0 atom stereocenters. The summed E-state index contributed by atoms with van der Waals surface area (Å²) in [7, 11) is 0. The zero-order valence-corrected chi connectivity index (χ0v) is 15.0. The Kier molecular flexibility index (Phi) is 6.44. The second kappa shape index (κ2) is 8.98. The molecule has 26 heavy (non-hydrogen) atoms. The molecule has 142 valence electrons. The molecule has 2 fully saturated rings. The van der Waals surface area contributed by atoms with Gasteiger partial charge >= 0.3 is 12.0 Å². The summed E-state index contributed by atoms with van der Waals surface area (Å²) in [5.74, 6) is -1.42. The van der Waals surface area contributed by atoms with Gasteiger partial charge in [0.25, 0.3) is 0 Å². The number of benzene rings is 1. The minimum Gasteiger partial charge on any atom is -0.422 e. The first-order valence-corrected chi connectivity index (χ1v) is 9.35. The summed E-state index contributed by atoms with van der Waals surface area (Å²) < 4.78 is 18.4. The molecular weight excluding hydrogens is 337 g/mol. The van der Waals surface area contributed by atoms with Gasteiger partial charge in [0.05, 0.1) is 0 Å². The molecule has 2 aliphatic heterocycles. The molecule has 0 aromatic heterocycles. The molecular formula is C19H26FN3O3. The highest BCUT2D eigenvalue weighted by Crippen LogP contribution is 2.21. The number of carbonyl (C=O) groups excluding carboxylic acids is 2. The number of hydrogen-bond donors (Lipinski definition) is 1. The normalized spacial score (nSPS) is 19.2. The Bertz CT molecular complexity index is 626. The van der Waals surface area contributed by atoms with E-state index in [0.717, 1.165) is 12.8 Å². The second-order valence-electron chi connectivity index (χ2n) is 6.88. The molecule has 7 heteroatoms. The van der Waals surface area contributed by atoms with Gasteiger partial charge in [-0.1, -0.05) is 18.6 Å². The summed E-state index contributed by atoms with van der Waals surface area (Å²) in [4.78, 5) is 28.3. The van der Waals surface area contributed by atoms with Gasteiger partial charge in [-0.25, -0.2) is 14.0 Å². The summed E-state index contributed by atoms with van der Waals surface area (Å²) in [6.45, 7) is 3.43.